The van der Waals surface area contributed by atoms with Gasteiger partial charge in [0, 0.05) is 19.3 Å². The van der Waals surface area contributed by atoms with Crippen LogP contribution in [-0.4, -0.2) is 42.5 Å². The van der Waals surface area contributed by atoms with Crippen molar-refractivity contribution in [1.82, 2.24) is 9.97 Å². The molecular formula is C40H50N2O7. The number of phenolic OH excluding ortho intramolecular Hbond substituents is 3. The van der Waals surface area contributed by atoms with Crippen LogP contribution in [0.3, 0.4) is 0 Å². The number of unbranched alkanes of at least 4 members (excludes halogenated alkanes) is 1. The fourth-order valence-electron chi connectivity index (χ4n) is 6.11. The third kappa shape index (κ3) is 9.95. The molecule has 1 aliphatic rings. The van der Waals surface area contributed by atoms with Crippen molar-refractivity contribution in [2.75, 3.05) is 0 Å². The van der Waals surface area contributed by atoms with Gasteiger partial charge in [-0.05, 0) is 86.9 Å². The Morgan fingerprint density at radius 1 is 0.878 bits per heavy atom. The zero-order chi connectivity index (χ0) is 35.5. The molecule has 4 N–H and O–H groups in total. The van der Waals surface area contributed by atoms with Crippen molar-refractivity contribution in [2.45, 2.75) is 96.9 Å². The number of nitrogens with zero attached hydrogens (tertiary/aromatic N) is 2. The summed E-state index contributed by atoms with van der Waals surface area (Å²) in [6, 6.07) is 11.4. The average molecular weight is 671 g/mol. The van der Waals surface area contributed by atoms with Crippen LogP contribution < -0.4 is 0 Å². The maximum absolute atomic E-state index is 13.8. The molecule has 49 heavy (non-hydrogen) atoms. The van der Waals surface area contributed by atoms with E-state index in [1.54, 1.807) is 42.5 Å². The molecule has 4 rings (SSSR count). The van der Waals surface area contributed by atoms with Gasteiger partial charge >= 0.3 is 5.97 Å². The smallest absolute Gasteiger partial charge is 0.310 e. The first-order valence-electron chi connectivity index (χ1n) is 17.1. The highest BCUT2D eigenvalue weighted by Gasteiger charge is 2.36. The lowest BCUT2D eigenvalue weighted by Gasteiger charge is -2.33. The van der Waals surface area contributed by atoms with Crippen molar-refractivity contribution in [3.8, 4) is 17.2 Å². The van der Waals surface area contributed by atoms with Crippen LogP contribution >= 0.6 is 0 Å². The lowest BCUT2D eigenvalue weighted by molar-refractivity contribution is -0.158. The Hall–Kier alpha value is -4.63. The number of aliphatic hydroxyl groups is 1. The Morgan fingerprint density at radius 3 is 2.00 bits per heavy atom. The number of esters is 1. The molecule has 1 aliphatic carbocycles. The second-order valence-electron chi connectivity index (χ2n) is 12.9. The summed E-state index contributed by atoms with van der Waals surface area (Å²) in [6.45, 7) is 13.5. The van der Waals surface area contributed by atoms with Crippen LogP contribution in [0.4, 0.5) is 0 Å². The van der Waals surface area contributed by atoms with Crippen molar-refractivity contribution >= 4 is 5.97 Å². The van der Waals surface area contributed by atoms with Gasteiger partial charge in [0.1, 0.15) is 41.2 Å². The van der Waals surface area contributed by atoms with Crippen molar-refractivity contribution in [3.05, 3.63) is 114 Å². The minimum absolute atomic E-state index is 0.161. The summed E-state index contributed by atoms with van der Waals surface area (Å²) >= 11 is 0. The first-order chi connectivity index (χ1) is 23.5. The van der Waals surface area contributed by atoms with Gasteiger partial charge in [-0.15, -0.1) is 13.2 Å². The van der Waals surface area contributed by atoms with Gasteiger partial charge < -0.3 is 29.9 Å². The largest absolute Gasteiger partial charge is 0.508 e. The number of hydrogen-bond donors (Lipinski definition) is 4. The molecule has 9 heteroatoms. The van der Waals surface area contributed by atoms with Crippen LogP contribution in [0, 0.1) is 25.7 Å². The minimum atomic E-state index is -0.914. The number of ether oxygens (including phenoxy) is 2. The Balaban J connectivity index is 1.57. The van der Waals surface area contributed by atoms with Crippen molar-refractivity contribution in [3.63, 3.8) is 0 Å². The van der Waals surface area contributed by atoms with Crippen LogP contribution in [0.5, 0.6) is 17.2 Å². The monoisotopic (exact) mass is 670 g/mol. The van der Waals surface area contributed by atoms with E-state index in [9.17, 15) is 25.2 Å². The number of aromatic hydroxyl groups is 3. The van der Waals surface area contributed by atoms with E-state index in [1.165, 1.54) is 12.1 Å². The van der Waals surface area contributed by atoms with E-state index in [2.05, 4.69) is 20.1 Å². The molecule has 1 saturated carbocycles. The molecule has 1 fully saturated rings. The molecule has 4 atom stereocenters. The van der Waals surface area contributed by atoms with E-state index < -0.39 is 24.2 Å². The van der Waals surface area contributed by atoms with E-state index in [1.807, 2.05) is 19.9 Å². The van der Waals surface area contributed by atoms with E-state index >= 15 is 0 Å². The summed E-state index contributed by atoms with van der Waals surface area (Å²) in [5.74, 6) is -0.410. The second kappa shape index (κ2) is 17.7. The normalized spacial score (nSPS) is 15.8. The minimum Gasteiger partial charge on any atom is -0.508 e. The number of aliphatic hydroxyl groups excluding tert-OH is 1. The number of aromatic nitrogens is 2. The number of rotatable bonds is 18. The van der Waals surface area contributed by atoms with Crippen molar-refractivity contribution in [2.24, 2.45) is 11.8 Å². The molecule has 0 aliphatic heterocycles. The highest BCUT2D eigenvalue weighted by molar-refractivity contribution is 5.74. The first-order valence-corrected chi connectivity index (χ1v) is 17.1. The molecule has 1 heterocycles. The Kier molecular flexibility index (Phi) is 13.4. The SMILES string of the molecule is C=CCC(OC(=O)C(Cc1ccc(O)c(O)c1)C1CCC1)c1nc(C)c(C(CC=C)O/C(=C\CCC)C(O)Cc2ccc(O)cc2)nc1C. The molecule has 0 spiro atoms. The summed E-state index contributed by atoms with van der Waals surface area (Å²) in [7, 11) is 0. The molecular weight excluding hydrogens is 620 g/mol. The molecule has 0 amide bonds. The first kappa shape index (κ1) is 37.2. The van der Waals surface area contributed by atoms with Crippen LogP contribution in [-0.2, 0) is 27.1 Å². The van der Waals surface area contributed by atoms with Gasteiger partial charge in [0.2, 0.25) is 0 Å². The van der Waals surface area contributed by atoms with Crippen LogP contribution in [0.25, 0.3) is 0 Å². The van der Waals surface area contributed by atoms with Crippen molar-refractivity contribution < 1.29 is 34.7 Å². The predicted molar refractivity (Wildman–Crippen MR) is 189 cm³/mol. The summed E-state index contributed by atoms with van der Waals surface area (Å²) < 4.78 is 12.7. The third-order valence-corrected chi connectivity index (χ3v) is 9.07. The summed E-state index contributed by atoms with van der Waals surface area (Å²) in [5.41, 5.74) is 3.94. The molecule has 0 bridgehead atoms. The van der Waals surface area contributed by atoms with Crippen LogP contribution in [0.15, 0.2) is 79.6 Å². The molecule has 4 unspecified atom stereocenters. The maximum Gasteiger partial charge on any atom is 0.310 e. The molecule has 2 aromatic carbocycles. The van der Waals surface area contributed by atoms with E-state index in [-0.39, 0.29) is 29.1 Å². The molecule has 0 saturated heterocycles. The Bertz CT molecular complexity index is 1610. The van der Waals surface area contributed by atoms with Crippen LogP contribution in [0.1, 0.15) is 98.0 Å². The maximum atomic E-state index is 13.8. The van der Waals surface area contributed by atoms with Gasteiger partial charge in [-0.25, -0.2) is 0 Å². The third-order valence-electron chi connectivity index (χ3n) is 9.07. The summed E-state index contributed by atoms with van der Waals surface area (Å²) in [4.78, 5) is 23.6. The zero-order valence-corrected chi connectivity index (χ0v) is 28.8. The van der Waals surface area contributed by atoms with E-state index in [0.717, 1.165) is 43.2 Å². The lowest BCUT2D eigenvalue weighted by Crippen LogP contribution is -2.33. The van der Waals surface area contributed by atoms with Gasteiger partial charge in [0.25, 0.3) is 0 Å². The number of benzene rings is 2. The fraction of sp³-hybridized carbons (Fsp3) is 0.425. The number of carbonyl (C=O) groups is 1. The second-order valence-corrected chi connectivity index (χ2v) is 12.9. The topological polar surface area (TPSA) is 142 Å². The quantitative estimate of drug-likeness (QED) is 0.0459. The Labute approximate surface area is 289 Å². The van der Waals surface area contributed by atoms with Gasteiger partial charge in [-0.3, -0.25) is 14.8 Å². The van der Waals surface area contributed by atoms with Crippen molar-refractivity contribution in [1.29, 1.82) is 0 Å². The standard InChI is InChI=1S/C40H50N2O7/c1-6-9-15-35(34(46)23-27-16-19-30(43)20-17-27)48-36(11-7-2)38-25(4)42-39(26(5)41-38)37(12-8-3)49-40(47)31(29-13-10-14-29)22-28-18-21-32(44)33(45)24-28/h7-8,15-21,24,29,31,34,36-37,43-46H,2-3,6,9-14,22-23H2,1,4-5H3/b35-15-. The Morgan fingerprint density at radius 2 is 1.47 bits per heavy atom. The number of hydrogen-bond acceptors (Lipinski definition) is 9. The van der Waals surface area contributed by atoms with Gasteiger partial charge in [-0.2, -0.15) is 0 Å². The number of aryl methyl sites for hydroxylation is 2. The predicted octanol–water partition coefficient (Wildman–Crippen LogP) is 7.95. The van der Waals surface area contributed by atoms with E-state index in [0.29, 0.717) is 54.2 Å². The van der Waals surface area contributed by atoms with Gasteiger partial charge in [0.05, 0.1) is 17.3 Å². The molecule has 3 aromatic rings. The summed E-state index contributed by atoms with van der Waals surface area (Å²) in [5, 5.41) is 40.7. The fourth-order valence-corrected chi connectivity index (χ4v) is 6.11. The van der Waals surface area contributed by atoms with Gasteiger partial charge in [-0.1, -0.05) is 50.1 Å². The summed E-state index contributed by atoms with van der Waals surface area (Å²) in [6.07, 6.45) is 9.11. The van der Waals surface area contributed by atoms with Crippen LogP contribution in [0.2, 0.25) is 0 Å². The zero-order valence-electron chi connectivity index (χ0n) is 28.8. The number of phenols is 3. The van der Waals surface area contributed by atoms with E-state index in [4.69, 9.17) is 19.4 Å². The average Bonchev–Trinajstić information content (AvgIpc) is 3.04. The molecule has 0 radical (unpaired) electrons. The molecule has 9 nitrogen and oxygen atoms in total. The lowest BCUT2D eigenvalue weighted by atomic mass is 9.73. The van der Waals surface area contributed by atoms with Gasteiger partial charge in [0.15, 0.2) is 11.5 Å². The number of allylic oxidation sites excluding steroid dienone is 1. The highest BCUT2D eigenvalue weighted by atomic mass is 16.5. The highest BCUT2D eigenvalue weighted by Crippen LogP contribution is 2.39. The molecule has 262 valence electrons. The number of carbonyl (C=O) groups excluding carboxylic acids is 1. The molecule has 1 aromatic heterocycles.